The number of aromatic nitrogens is 3. The number of benzene rings is 3. The highest BCUT2D eigenvalue weighted by molar-refractivity contribution is 6.06. The molecule has 2 fully saturated rings. The quantitative estimate of drug-likeness (QED) is 0.129. The summed E-state index contributed by atoms with van der Waals surface area (Å²) in [6.45, 7) is 10.4. The maximum Gasteiger partial charge on any atom is 0.258 e. The van der Waals surface area contributed by atoms with Gasteiger partial charge in [-0.25, -0.2) is 18.7 Å². The van der Waals surface area contributed by atoms with Crippen molar-refractivity contribution in [2.45, 2.75) is 58.2 Å². The van der Waals surface area contributed by atoms with Crippen LogP contribution in [-0.2, 0) is 5.60 Å². The molecule has 266 valence electrons. The highest BCUT2D eigenvalue weighted by Crippen LogP contribution is 2.35. The van der Waals surface area contributed by atoms with Gasteiger partial charge in [0.15, 0.2) is 0 Å². The second kappa shape index (κ2) is 14.5. The topological polar surface area (TPSA) is 115 Å². The standard InChI is InChI=1S/C40H44F2N6O3/c1-24-32(19-28(41)20-35(24)47-39(49)31-9-6-27(18-34(31)42)40(2,3)50)37-33-21-36(46-38(33)45-23-44-37)26-4-7-29(8-5-26)51-30-12-16-48(17-13-30)22-25-10-14-43-15-11-25/h4-9,18-21,23,25,30,43,50H,10-17,22H2,1-3H3,(H,47,49)(H,44,45,46). The van der Waals surface area contributed by atoms with Crippen LogP contribution in [0, 0.1) is 24.5 Å². The van der Waals surface area contributed by atoms with Gasteiger partial charge in [-0.15, -0.1) is 0 Å². The van der Waals surface area contributed by atoms with E-state index in [0.29, 0.717) is 33.4 Å². The summed E-state index contributed by atoms with van der Waals surface area (Å²) in [6, 6.07) is 16.4. The molecule has 1 amide bonds. The molecule has 2 aliphatic heterocycles. The summed E-state index contributed by atoms with van der Waals surface area (Å²) in [5.74, 6) is -0.479. The normalized spacial score (nSPS) is 16.4. The fraction of sp³-hybridized carbons (Fsp3) is 0.375. The molecule has 51 heavy (non-hydrogen) atoms. The summed E-state index contributed by atoms with van der Waals surface area (Å²) in [6.07, 6.45) is 6.19. The van der Waals surface area contributed by atoms with Crippen LogP contribution in [0.5, 0.6) is 5.75 Å². The Bertz CT molecular complexity index is 2030. The zero-order chi connectivity index (χ0) is 35.7. The first-order chi connectivity index (χ1) is 24.5. The molecule has 0 saturated carbocycles. The van der Waals surface area contributed by atoms with Gasteiger partial charge in [-0.1, -0.05) is 6.07 Å². The number of rotatable bonds is 9. The minimum atomic E-state index is -1.27. The minimum Gasteiger partial charge on any atom is -0.490 e. The summed E-state index contributed by atoms with van der Waals surface area (Å²) in [4.78, 5) is 28.0. The molecule has 0 aliphatic carbocycles. The Labute approximate surface area is 296 Å². The molecule has 0 atom stereocenters. The summed E-state index contributed by atoms with van der Waals surface area (Å²) in [5, 5.41) is 17.0. The third-order valence-electron chi connectivity index (χ3n) is 10.2. The lowest BCUT2D eigenvalue weighted by Gasteiger charge is -2.35. The number of piperidine rings is 2. The predicted octanol–water partition coefficient (Wildman–Crippen LogP) is 7.20. The number of anilines is 1. The van der Waals surface area contributed by atoms with Crippen molar-refractivity contribution in [3.05, 3.63) is 95.3 Å². The SMILES string of the molecule is Cc1c(NC(=O)c2ccc(C(C)(C)O)cc2F)cc(F)cc1-c1ncnc2[nH]c(-c3ccc(OC4CCN(CC5CCNCC5)CC4)cc3)cc12. The molecule has 4 N–H and O–H groups in total. The van der Waals surface area contributed by atoms with E-state index in [1.54, 1.807) is 6.92 Å². The number of aromatic amines is 1. The van der Waals surface area contributed by atoms with Crippen molar-refractivity contribution in [2.75, 3.05) is 38.0 Å². The van der Waals surface area contributed by atoms with Gasteiger partial charge in [0.1, 0.15) is 35.5 Å². The number of amides is 1. The Balaban J connectivity index is 1.05. The molecule has 2 saturated heterocycles. The number of halogens is 2. The monoisotopic (exact) mass is 694 g/mol. The van der Waals surface area contributed by atoms with Gasteiger partial charge < -0.3 is 30.4 Å². The number of aliphatic hydroxyl groups is 1. The fourth-order valence-corrected chi connectivity index (χ4v) is 7.18. The van der Waals surface area contributed by atoms with Crippen LogP contribution in [0.3, 0.4) is 0 Å². The average molecular weight is 695 g/mol. The van der Waals surface area contributed by atoms with Gasteiger partial charge in [0.25, 0.3) is 5.91 Å². The first-order valence-electron chi connectivity index (χ1n) is 17.7. The van der Waals surface area contributed by atoms with E-state index in [9.17, 15) is 14.3 Å². The third kappa shape index (κ3) is 7.80. The smallest absolute Gasteiger partial charge is 0.258 e. The van der Waals surface area contributed by atoms with Crippen molar-refractivity contribution in [1.29, 1.82) is 0 Å². The van der Waals surface area contributed by atoms with E-state index in [2.05, 4.69) is 30.5 Å². The van der Waals surface area contributed by atoms with Crippen molar-refractivity contribution >= 4 is 22.6 Å². The Morgan fingerprint density at radius 2 is 1.75 bits per heavy atom. The summed E-state index contributed by atoms with van der Waals surface area (Å²) < 4.78 is 36.4. The van der Waals surface area contributed by atoms with Crippen LogP contribution >= 0.6 is 0 Å². The molecule has 4 heterocycles. The number of carbonyl (C=O) groups is 1. The molecule has 5 aromatic rings. The average Bonchev–Trinajstić information content (AvgIpc) is 3.56. The molecule has 11 heteroatoms. The molecule has 2 aromatic heterocycles. The van der Waals surface area contributed by atoms with Crippen LogP contribution in [0.1, 0.15) is 61.0 Å². The van der Waals surface area contributed by atoms with Crippen molar-refractivity contribution in [1.82, 2.24) is 25.2 Å². The van der Waals surface area contributed by atoms with Gasteiger partial charge in [-0.05, 0) is 137 Å². The van der Waals surface area contributed by atoms with E-state index in [0.717, 1.165) is 68.0 Å². The van der Waals surface area contributed by atoms with E-state index in [1.165, 1.54) is 63.8 Å². The molecule has 2 aliphatic rings. The van der Waals surface area contributed by atoms with E-state index in [1.807, 2.05) is 30.3 Å². The maximum atomic E-state index is 15.1. The zero-order valence-electron chi connectivity index (χ0n) is 29.2. The van der Waals surface area contributed by atoms with Crippen LogP contribution in [-0.4, -0.2) is 69.7 Å². The number of hydrogen-bond donors (Lipinski definition) is 4. The number of likely N-dealkylation sites (tertiary alicyclic amines) is 1. The fourth-order valence-electron chi connectivity index (χ4n) is 7.18. The van der Waals surface area contributed by atoms with Crippen molar-refractivity contribution in [2.24, 2.45) is 5.92 Å². The summed E-state index contributed by atoms with van der Waals surface area (Å²) in [5.41, 5.74) is 2.86. The lowest BCUT2D eigenvalue weighted by atomic mass is 9.96. The van der Waals surface area contributed by atoms with E-state index in [4.69, 9.17) is 4.74 Å². The predicted molar refractivity (Wildman–Crippen MR) is 195 cm³/mol. The number of carbonyl (C=O) groups excluding carboxylic acids is 1. The van der Waals surface area contributed by atoms with Crippen LogP contribution in [0.25, 0.3) is 33.5 Å². The Morgan fingerprint density at radius 1 is 1.00 bits per heavy atom. The highest BCUT2D eigenvalue weighted by atomic mass is 19.1. The molecule has 7 rings (SSSR count). The van der Waals surface area contributed by atoms with Crippen LogP contribution in [0.4, 0.5) is 14.5 Å². The molecule has 0 bridgehead atoms. The number of fused-ring (bicyclic) bond motifs is 1. The molecule has 0 spiro atoms. The Hall–Kier alpha value is -4.71. The van der Waals surface area contributed by atoms with Crippen LogP contribution < -0.4 is 15.4 Å². The molecular formula is C40H44F2N6O3. The van der Waals surface area contributed by atoms with E-state index < -0.39 is 23.1 Å². The van der Waals surface area contributed by atoms with Crippen molar-refractivity contribution in [3.8, 4) is 28.3 Å². The third-order valence-corrected chi connectivity index (χ3v) is 10.2. The Morgan fingerprint density at radius 3 is 2.45 bits per heavy atom. The first kappa shape index (κ1) is 34.7. The van der Waals surface area contributed by atoms with Gasteiger partial charge in [0, 0.05) is 42.0 Å². The first-order valence-corrected chi connectivity index (χ1v) is 17.7. The second-order valence-corrected chi connectivity index (χ2v) is 14.3. The number of hydrogen-bond acceptors (Lipinski definition) is 7. The largest absolute Gasteiger partial charge is 0.490 e. The van der Waals surface area contributed by atoms with Gasteiger partial charge in [-0.2, -0.15) is 0 Å². The molecule has 9 nitrogen and oxygen atoms in total. The van der Waals surface area contributed by atoms with Crippen molar-refractivity contribution < 1.29 is 23.4 Å². The number of H-pyrrole nitrogens is 1. The molecule has 0 unspecified atom stereocenters. The van der Waals surface area contributed by atoms with Crippen LogP contribution in [0.2, 0.25) is 0 Å². The maximum absolute atomic E-state index is 15.1. The molecular weight excluding hydrogens is 650 g/mol. The lowest BCUT2D eigenvalue weighted by molar-refractivity contribution is 0.0780. The molecule has 0 radical (unpaired) electrons. The van der Waals surface area contributed by atoms with Gasteiger partial charge in [0.05, 0.1) is 16.9 Å². The number of nitrogens with zero attached hydrogens (tertiary/aromatic N) is 3. The highest BCUT2D eigenvalue weighted by Gasteiger charge is 2.25. The minimum absolute atomic E-state index is 0.187. The van der Waals surface area contributed by atoms with E-state index >= 15 is 4.39 Å². The van der Waals surface area contributed by atoms with Gasteiger partial charge in [0.2, 0.25) is 0 Å². The summed E-state index contributed by atoms with van der Waals surface area (Å²) >= 11 is 0. The second-order valence-electron chi connectivity index (χ2n) is 14.3. The lowest BCUT2D eigenvalue weighted by Crippen LogP contribution is -2.42. The Kier molecular flexibility index (Phi) is 9.87. The number of nitrogens with one attached hydrogen (secondary N) is 3. The van der Waals surface area contributed by atoms with Gasteiger partial charge in [-0.3, -0.25) is 4.79 Å². The molecule has 3 aromatic carbocycles. The zero-order valence-corrected chi connectivity index (χ0v) is 29.2. The van der Waals surface area contributed by atoms with E-state index in [-0.39, 0.29) is 17.4 Å². The van der Waals surface area contributed by atoms with Crippen LogP contribution in [0.15, 0.2) is 67.0 Å². The van der Waals surface area contributed by atoms with Crippen molar-refractivity contribution in [3.63, 3.8) is 0 Å². The summed E-state index contributed by atoms with van der Waals surface area (Å²) in [7, 11) is 0. The van der Waals surface area contributed by atoms with Gasteiger partial charge >= 0.3 is 0 Å². The number of ether oxygens (including phenoxy) is 1.